The molecule has 0 fully saturated rings. The Kier molecular flexibility index (Phi) is 4.04. The normalized spacial score (nSPS) is 14.3. The van der Waals surface area contributed by atoms with Crippen molar-refractivity contribution in [1.29, 1.82) is 5.26 Å². The second kappa shape index (κ2) is 5.54. The monoisotopic (exact) mass is 242 g/mol. The molecule has 1 aliphatic carbocycles. The van der Waals surface area contributed by atoms with Gasteiger partial charge in [-0.2, -0.15) is 5.26 Å². The van der Waals surface area contributed by atoms with Gasteiger partial charge in [-0.1, -0.05) is 18.2 Å². The summed E-state index contributed by atoms with van der Waals surface area (Å²) in [6, 6.07) is 9.21. The third-order valence-corrected chi connectivity index (χ3v) is 3.62. The molecule has 0 unspecified atom stereocenters. The summed E-state index contributed by atoms with van der Waals surface area (Å²) in [5, 5.41) is 12.3. The van der Waals surface area contributed by atoms with E-state index in [1.807, 2.05) is 13.8 Å². The lowest BCUT2D eigenvalue weighted by atomic mass is 9.96. The van der Waals surface area contributed by atoms with Crippen LogP contribution in [0.25, 0.3) is 0 Å². The molecule has 0 amide bonds. The molecule has 2 rings (SSSR count). The predicted molar refractivity (Wildman–Crippen MR) is 74.4 cm³/mol. The second-order valence-electron chi connectivity index (χ2n) is 5.88. The Bertz CT molecular complexity index is 455. The molecule has 2 heteroatoms. The molecule has 0 radical (unpaired) electrons. The van der Waals surface area contributed by atoms with Gasteiger partial charge in [0.15, 0.2) is 0 Å². The summed E-state index contributed by atoms with van der Waals surface area (Å²) < 4.78 is 0. The summed E-state index contributed by atoms with van der Waals surface area (Å²) in [6.45, 7) is 5.64. The molecule has 96 valence electrons. The molecule has 0 heterocycles. The first-order valence-corrected chi connectivity index (χ1v) is 6.83. The van der Waals surface area contributed by atoms with E-state index in [0.717, 1.165) is 19.5 Å². The molecular formula is C16H22N2. The average Bonchev–Trinajstić information content (AvgIpc) is 2.82. The van der Waals surface area contributed by atoms with Crippen LogP contribution in [0.2, 0.25) is 0 Å². The summed E-state index contributed by atoms with van der Waals surface area (Å²) in [4.78, 5) is 0. The average molecular weight is 242 g/mol. The summed E-state index contributed by atoms with van der Waals surface area (Å²) in [5.41, 5.74) is 4.23. The third kappa shape index (κ3) is 3.34. The van der Waals surface area contributed by atoms with Crippen molar-refractivity contribution in [3.63, 3.8) is 0 Å². The van der Waals surface area contributed by atoms with Crippen LogP contribution in [0.5, 0.6) is 0 Å². The number of rotatable bonds is 5. The Labute approximate surface area is 110 Å². The molecule has 0 aliphatic heterocycles. The van der Waals surface area contributed by atoms with Gasteiger partial charge in [0.1, 0.15) is 0 Å². The lowest BCUT2D eigenvalue weighted by Gasteiger charge is -2.15. The Morgan fingerprint density at radius 2 is 2.06 bits per heavy atom. The molecule has 0 aromatic heterocycles. The maximum atomic E-state index is 8.93. The predicted octanol–water partition coefficient (Wildman–Crippen LogP) is 2.86. The highest BCUT2D eigenvalue weighted by atomic mass is 14.9. The molecular weight excluding hydrogens is 220 g/mol. The Balaban J connectivity index is 1.79. The number of benzene rings is 1. The van der Waals surface area contributed by atoms with E-state index in [0.29, 0.717) is 0 Å². The van der Waals surface area contributed by atoms with Crippen LogP contribution < -0.4 is 5.32 Å². The van der Waals surface area contributed by atoms with Crippen LogP contribution >= 0.6 is 0 Å². The van der Waals surface area contributed by atoms with Crippen molar-refractivity contribution in [3.8, 4) is 6.07 Å². The van der Waals surface area contributed by atoms with Crippen LogP contribution in [0, 0.1) is 16.7 Å². The molecule has 0 saturated heterocycles. The van der Waals surface area contributed by atoms with Crippen molar-refractivity contribution in [1.82, 2.24) is 5.32 Å². The van der Waals surface area contributed by atoms with Crippen molar-refractivity contribution in [2.75, 3.05) is 13.1 Å². The van der Waals surface area contributed by atoms with Crippen molar-refractivity contribution in [3.05, 3.63) is 34.9 Å². The molecule has 1 N–H and O–H groups in total. The van der Waals surface area contributed by atoms with Crippen LogP contribution in [-0.2, 0) is 19.3 Å². The number of fused-ring (bicyclic) bond motifs is 1. The Morgan fingerprint density at radius 1 is 1.28 bits per heavy atom. The number of hydrogen-bond acceptors (Lipinski definition) is 2. The standard InChI is InChI=1S/C16H22N2/c1-16(2,11-17)12-18-9-8-13-6-7-14-4-3-5-15(14)10-13/h6-7,10,18H,3-5,8-9,12H2,1-2H3. The minimum Gasteiger partial charge on any atom is -0.315 e. The largest absolute Gasteiger partial charge is 0.315 e. The van der Waals surface area contributed by atoms with E-state index in [2.05, 4.69) is 29.6 Å². The molecule has 18 heavy (non-hydrogen) atoms. The van der Waals surface area contributed by atoms with Gasteiger partial charge in [-0.15, -0.1) is 0 Å². The molecule has 2 nitrogen and oxygen atoms in total. The molecule has 1 aliphatic rings. The van der Waals surface area contributed by atoms with E-state index in [-0.39, 0.29) is 5.41 Å². The molecule has 0 atom stereocenters. The van der Waals surface area contributed by atoms with Gasteiger partial charge >= 0.3 is 0 Å². The first-order chi connectivity index (χ1) is 8.61. The maximum absolute atomic E-state index is 8.93. The van der Waals surface area contributed by atoms with Gasteiger partial charge in [0.05, 0.1) is 11.5 Å². The van der Waals surface area contributed by atoms with Gasteiger partial charge in [-0.05, 0) is 62.8 Å². The van der Waals surface area contributed by atoms with E-state index >= 15 is 0 Å². The van der Waals surface area contributed by atoms with E-state index in [1.165, 1.54) is 30.4 Å². The summed E-state index contributed by atoms with van der Waals surface area (Å²) in [6.07, 6.45) is 4.87. The Morgan fingerprint density at radius 3 is 2.83 bits per heavy atom. The van der Waals surface area contributed by atoms with Crippen LogP contribution in [0.15, 0.2) is 18.2 Å². The van der Waals surface area contributed by atoms with E-state index in [9.17, 15) is 0 Å². The zero-order chi connectivity index (χ0) is 13.0. The highest BCUT2D eigenvalue weighted by Gasteiger charge is 2.15. The summed E-state index contributed by atoms with van der Waals surface area (Å²) in [7, 11) is 0. The van der Waals surface area contributed by atoms with Crippen molar-refractivity contribution in [2.45, 2.75) is 39.5 Å². The maximum Gasteiger partial charge on any atom is 0.0697 e. The van der Waals surface area contributed by atoms with Crippen LogP contribution in [-0.4, -0.2) is 13.1 Å². The van der Waals surface area contributed by atoms with Gasteiger partial charge in [0.25, 0.3) is 0 Å². The van der Waals surface area contributed by atoms with Gasteiger partial charge in [-0.3, -0.25) is 0 Å². The van der Waals surface area contributed by atoms with Crippen molar-refractivity contribution >= 4 is 0 Å². The summed E-state index contributed by atoms with van der Waals surface area (Å²) in [5.74, 6) is 0. The minimum atomic E-state index is -0.266. The highest BCUT2D eigenvalue weighted by molar-refractivity contribution is 5.35. The lowest BCUT2D eigenvalue weighted by molar-refractivity contribution is 0.447. The summed E-state index contributed by atoms with van der Waals surface area (Å²) >= 11 is 0. The molecule has 1 aromatic rings. The second-order valence-corrected chi connectivity index (χ2v) is 5.88. The van der Waals surface area contributed by atoms with Gasteiger partial charge < -0.3 is 5.32 Å². The van der Waals surface area contributed by atoms with Crippen molar-refractivity contribution < 1.29 is 0 Å². The minimum absolute atomic E-state index is 0.266. The van der Waals surface area contributed by atoms with E-state index in [1.54, 1.807) is 5.56 Å². The number of hydrogen-bond donors (Lipinski definition) is 1. The molecule has 0 saturated carbocycles. The van der Waals surface area contributed by atoms with Crippen LogP contribution in [0.4, 0.5) is 0 Å². The fourth-order valence-electron chi connectivity index (χ4n) is 2.45. The number of nitrogens with one attached hydrogen (secondary N) is 1. The quantitative estimate of drug-likeness (QED) is 0.806. The zero-order valence-electron chi connectivity index (χ0n) is 11.4. The van der Waals surface area contributed by atoms with Gasteiger partial charge in [0, 0.05) is 6.54 Å². The van der Waals surface area contributed by atoms with Gasteiger partial charge in [-0.25, -0.2) is 0 Å². The third-order valence-electron chi connectivity index (χ3n) is 3.62. The topological polar surface area (TPSA) is 35.8 Å². The van der Waals surface area contributed by atoms with Gasteiger partial charge in [0.2, 0.25) is 0 Å². The SMILES string of the molecule is CC(C)(C#N)CNCCc1ccc2c(c1)CCC2. The number of aryl methyl sites for hydroxylation is 2. The van der Waals surface area contributed by atoms with Crippen LogP contribution in [0.1, 0.15) is 37.0 Å². The van der Waals surface area contributed by atoms with Crippen molar-refractivity contribution in [2.24, 2.45) is 5.41 Å². The highest BCUT2D eigenvalue weighted by Crippen LogP contribution is 2.22. The zero-order valence-corrected chi connectivity index (χ0v) is 11.4. The molecule has 1 aromatic carbocycles. The first-order valence-electron chi connectivity index (χ1n) is 6.83. The number of nitrogens with zero attached hydrogens (tertiary/aromatic N) is 1. The Hall–Kier alpha value is -1.33. The van der Waals surface area contributed by atoms with E-state index < -0.39 is 0 Å². The number of nitriles is 1. The first kappa shape index (κ1) is 13.1. The fourth-order valence-corrected chi connectivity index (χ4v) is 2.45. The van der Waals surface area contributed by atoms with Crippen LogP contribution in [0.3, 0.4) is 0 Å². The molecule has 0 bridgehead atoms. The lowest BCUT2D eigenvalue weighted by Crippen LogP contribution is -2.29. The van der Waals surface area contributed by atoms with E-state index in [4.69, 9.17) is 5.26 Å². The fraction of sp³-hybridized carbons (Fsp3) is 0.562. The molecule has 0 spiro atoms. The smallest absolute Gasteiger partial charge is 0.0697 e.